The number of hydrogen-bond acceptors (Lipinski definition) is 4. The Morgan fingerprint density at radius 3 is 2.32 bits per heavy atom. The van der Waals surface area contributed by atoms with E-state index in [0.717, 1.165) is 42.7 Å². The maximum Gasteiger partial charge on any atom is 0.244 e. The van der Waals surface area contributed by atoms with Gasteiger partial charge in [0, 0.05) is 22.6 Å². The quantitative estimate of drug-likeness (QED) is 0.382. The van der Waals surface area contributed by atoms with Crippen LogP contribution >= 0.6 is 46.4 Å². The second kappa shape index (κ2) is 12.9. The van der Waals surface area contributed by atoms with Gasteiger partial charge < -0.3 is 10.2 Å². The molecule has 0 radical (unpaired) electrons. The first-order chi connectivity index (χ1) is 17.4. The lowest BCUT2D eigenvalue weighted by atomic mass is 9.95. The minimum atomic E-state index is -3.94. The first kappa shape index (κ1) is 29.8. The highest BCUT2D eigenvalue weighted by Gasteiger charge is 2.32. The van der Waals surface area contributed by atoms with Crippen LogP contribution in [0.3, 0.4) is 0 Å². The number of carbonyl (C=O) groups excluding carboxylic acids is 2. The number of rotatable bonds is 9. The summed E-state index contributed by atoms with van der Waals surface area (Å²) in [5.74, 6) is -0.934. The maximum absolute atomic E-state index is 13.7. The summed E-state index contributed by atoms with van der Waals surface area (Å²) in [7, 11) is -3.94. The molecule has 2 aromatic carbocycles. The molecule has 0 aliphatic heterocycles. The highest BCUT2D eigenvalue weighted by atomic mass is 35.5. The van der Waals surface area contributed by atoms with Crippen molar-refractivity contribution in [1.82, 2.24) is 10.2 Å². The second-order valence-electron chi connectivity index (χ2n) is 9.12. The first-order valence-corrected chi connectivity index (χ1v) is 15.2. The lowest BCUT2D eigenvalue weighted by Crippen LogP contribution is -2.53. The molecule has 202 valence electrons. The third-order valence-electron chi connectivity index (χ3n) is 6.35. The van der Waals surface area contributed by atoms with Crippen LogP contribution in [-0.4, -0.2) is 50.0 Å². The Morgan fingerprint density at radius 2 is 1.70 bits per heavy atom. The van der Waals surface area contributed by atoms with E-state index in [1.807, 2.05) is 0 Å². The second-order valence-corrected chi connectivity index (χ2v) is 12.7. The van der Waals surface area contributed by atoms with Gasteiger partial charge in [-0.3, -0.25) is 13.9 Å². The van der Waals surface area contributed by atoms with Crippen LogP contribution in [0.1, 0.15) is 44.6 Å². The summed E-state index contributed by atoms with van der Waals surface area (Å²) in [6.07, 6.45) is 5.93. The van der Waals surface area contributed by atoms with Crippen molar-refractivity contribution in [2.24, 2.45) is 0 Å². The molecule has 12 heteroatoms. The smallest absolute Gasteiger partial charge is 0.244 e. The van der Waals surface area contributed by atoms with E-state index < -0.39 is 28.5 Å². The van der Waals surface area contributed by atoms with Crippen molar-refractivity contribution in [1.29, 1.82) is 0 Å². The van der Waals surface area contributed by atoms with Gasteiger partial charge in [0.25, 0.3) is 0 Å². The molecule has 1 atom stereocenters. The normalized spacial score (nSPS) is 15.2. The van der Waals surface area contributed by atoms with Crippen LogP contribution in [0, 0.1) is 0 Å². The van der Waals surface area contributed by atoms with E-state index in [2.05, 4.69) is 5.32 Å². The third-order valence-corrected chi connectivity index (χ3v) is 8.88. The average Bonchev–Trinajstić information content (AvgIpc) is 2.83. The van der Waals surface area contributed by atoms with Gasteiger partial charge in [0.15, 0.2) is 0 Å². The molecule has 0 bridgehead atoms. The fourth-order valence-electron chi connectivity index (χ4n) is 4.26. The van der Waals surface area contributed by atoms with Crippen molar-refractivity contribution in [3.05, 3.63) is 62.1 Å². The van der Waals surface area contributed by atoms with Gasteiger partial charge in [-0.05, 0) is 49.6 Å². The van der Waals surface area contributed by atoms with E-state index in [9.17, 15) is 18.0 Å². The monoisotopic (exact) mass is 607 g/mol. The topological polar surface area (TPSA) is 86.8 Å². The number of benzene rings is 2. The summed E-state index contributed by atoms with van der Waals surface area (Å²) < 4.78 is 26.3. The predicted molar refractivity (Wildman–Crippen MR) is 150 cm³/mol. The maximum atomic E-state index is 13.7. The summed E-state index contributed by atoms with van der Waals surface area (Å²) in [5, 5.41) is 3.93. The van der Waals surface area contributed by atoms with Crippen LogP contribution in [0.5, 0.6) is 0 Å². The highest BCUT2D eigenvalue weighted by molar-refractivity contribution is 7.92. The molecule has 1 aliphatic carbocycles. The van der Waals surface area contributed by atoms with Gasteiger partial charge in [0.1, 0.15) is 12.6 Å². The molecule has 1 N–H and O–H groups in total. The molecule has 7 nitrogen and oxygen atoms in total. The summed E-state index contributed by atoms with van der Waals surface area (Å²) in [5.41, 5.74) is 0.622. The van der Waals surface area contributed by atoms with Crippen LogP contribution in [-0.2, 0) is 26.2 Å². The molecule has 3 rings (SSSR count). The molecular weight excluding hydrogens is 580 g/mol. The van der Waals surface area contributed by atoms with Crippen LogP contribution in [0.2, 0.25) is 20.1 Å². The number of sulfonamides is 1. The van der Waals surface area contributed by atoms with Gasteiger partial charge >= 0.3 is 0 Å². The zero-order chi connectivity index (χ0) is 27.3. The SMILES string of the molecule is C[C@@H](C(=O)NC1CCCCC1)N(Cc1ccc(Cl)cc1Cl)C(=O)CN(c1cccc(Cl)c1Cl)S(C)(=O)=O. The Balaban J connectivity index is 1.93. The zero-order valence-electron chi connectivity index (χ0n) is 20.5. The molecule has 0 saturated heterocycles. The molecule has 1 aliphatic rings. The van der Waals surface area contributed by atoms with Crippen molar-refractivity contribution in [3.8, 4) is 0 Å². The molecule has 1 fully saturated rings. The summed E-state index contributed by atoms with van der Waals surface area (Å²) >= 11 is 24.8. The van der Waals surface area contributed by atoms with Crippen molar-refractivity contribution in [3.63, 3.8) is 0 Å². The first-order valence-electron chi connectivity index (χ1n) is 11.8. The predicted octanol–water partition coefficient (Wildman–Crippen LogP) is 5.93. The Kier molecular flexibility index (Phi) is 10.4. The fraction of sp³-hybridized carbons (Fsp3) is 0.440. The van der Waals surface area contributed by atoms with E-state index in [1.54, 1.807) is 25.1 Å². The Morgan fingerprint density at radius 1 is 1.03 bits per heavy atom. The van der Waals surface area contributed by atoms with Crippen LogP contribution in [0.15, 0.2) is 36.4 Å². The lowest BCUT2D eigenvalue weighted by molar-refractivity contribution is -0.139. The number of halogens is 4. The number of nitrogens with zero attached hydrogens (tertiary/aromatic N) is 2. The summed E-state index contributed by atoms with van der Waals surface area (Å²) in [4.78, 5) is 28.2. The van der Waals surface area contributed by atoms with Crippen LogP contribution in [0.4, 0.5) is 5.69 Å². The average molecular weight is 609 g/mol. The van der Waals surface area contributed by atoms with Crippen LogP contribution in [0.25, 0.3) is 0 Å². The molecule has 2 aromatic rings. The zero-order valence-corrected chi connectivity index (χ0v) is 24.4. The number of carbonyl (C=O) groups is 2. The van der Waals surface area contributed by atoms with E-state index in [-0.39, 0.29) is 34.2 Å². The molecular formula is C25H29Cl4N3O4S. The fourth-order valence-corrected chi connectivity index (χ4v) is 6.03. The van der Waals surface area contributed by atoms with E-state index >= 15 is 0 Å². The molecule has 0 heterocycles. The lowest BCUT2D eigenvalue weighted by Gasteiger charge is -2.33. The van der Waals surface area contributed by atoms with E-state index in [4.69, 9.17) is 46.4 Å². The summed E-state index contributed by atoms with van der Waals surface area (Å²) in [6, 6.07) is 8.49. The number of hydrogen-bond donors (Lipinski definition) is 1. The number of amides is 2. The third kappa shape index (κ3) is 7.90. The number of nitrogens with one attached hydrogen (secondary N) is 1. The molecule has 2 amide bonds. The molecule has 0 aromatic heterocycles. The Labute approximate surface area is 238 Å². The van der Waals surface area contributed by atoms with Crippen LogP contribution < -0.4 is 9.62 Å². The van der Waals surface area contributed by atoms with Crippen molar-refractivity contribution in [2.75, 3.05) is 17.1 Å². The van der Waals surface area contributed by atoms with Gasteiger partial charge in [-0.25, -0.2) is 8.42 Å². The van der Waals surface area contributed by atoms with Crippen molar-refractivity contribution >= 4 is 73.9 Å². The van der Waals surface area contributed by atoms with Gasteiger partial charge in [0.05, 0.1) is 22.0 Å². The Bertz CT molecular complexity index is 1250. The largest absolute Gasteiger partial charge is 0.352 e. The minimum absolute atomic E-state index is 0.00206. The number of anilines is 1. The van der Waals surface area contributed by atoms with Gasteiger partial charge in [-0.1, -0.05) is 77.8 Å². The Hall–Kier alpha value is -1.71. The van der Waals surface area contributed by atoms with Gasteiger partial charge in [-0.2, -0.15) is 0 Å². The highest BCUT2D eigenvalue weighted by Crippen LogP contribution is 2.34. The minimum Gasteiger partial charge on any atom is -0.352 e. The van der Waals surface area contributed by atoms with E-state index in [0.29, 0.717) is 15.6 Å². The molecule has 1 saturated carbocycles. The summed E-state index contributed by atoms with van der Waals surface area (Å²) in [6.45, 7) is 0.983. The standard InChI is InChI=1S/C25H29Cl4N3O4S/c1-16(25(34)30-19-7-4-3-5-8-19)31(14-17-11-12-18(26)13-21(17)28)23(33)15-32(37(2,35)36)22-10-6-9-20(27)24(22)29/h6,9-13,16,19H,3-5,7-8,14-15H2,1-2H3,(H,30,34)/t16-/m0/s1. The van der Waals surface area contributed by atoms with Crippen molar-refractivity contribution in [2.45, 2.75) is 57.7 Å². The van der Waals surface area contributed by atoms with Gasteiger partial charge in [0.2, 0.25) is 21.8 Å². The molecule has 0 spiro atoms. The van der Waals surface area contributed by atoms with Crippen molar-refractivity contribution < 1.29 is 18.0 Å². The molecule has 0 unspecified atom stereocenters. The van der Waals surface area contributed by atoms with E-state index in [1.165, 1.54) is 23.1 Å². The molecule has 37 heavy (non-hydrogen) atoms. The van der Waals surface area contributed by atoms with Gasteiger partial charge in [-0.15, -0.1) is 0 Å².